The molecule has 3 aromatic carbocycles. The highest BCUT2D eigenvalue weighted by Gasteiger charge is 2.34. The second-order valence-corrected chi connectivity index (χ2v) is 11.6. The van der Waals surface area contributed by atoms with Crippen molar-refractivity contribution in [3.63, 3.8) is 0 Å². The quantitative estimate of drug-likeness (QED) is 0.307. The average Bonchev–Trinajstić information content (AvgIpc) is 2.90. The summed E-state index contributed by atoms with van der Waals surface area (Å²) < 4.78 is 72.0. The largest absolute Gasteiger partial charge is 0.343 e. The van der Waals surface area contributed by atoms with Gasteiger partial charge in [-0.25, -0.2) is 21.6 Å². The van der Waals surface area contributed by atoms with Crippen molar-refractivity contribution < 1.29 is 26.4 Å². The van der Waals surface area contributed by atoms with E-state index in [1.165, 1.54) is 49.4 Å². The molecule has 0 N–H and O–H groups in total. The monoisotopic (exact) mass is 564 g/mol. The van der Waals surface area contributed by atoms with E-state index in [2.05, 4.69) is 0 Å². The minimum atomic E-state index is -4.43. The van der Waals surface area contributed by atoms with Crippen molar-refractivity contribution in [2.24, 2.45) is 0 Å². The lowest BCUT2D eigenvalue weighted by molar-refractivity contribution is -0.132. The van der Waals surface area contributed by atoms with Crippen molar-refractivity contribution in [2.45, 2.75) is 50.0 Å². The number of hydrogen-bond donors (Lipinski definition) is 0. The lowest BCUT2D eigenvalue weighted by Gasteiger charge is -2.32. The molecule has 1 aliphatic heterocycles. The molecule has 1 amide bonds. The number of nitrogens with zero attached hydrogens (tertiary/aromatic N) is 2. The third kappa shape index (κ3) is 6.15. The molecule has 1 aliphatic rings. The molecule has 1 atom stereocenters. The van der Waals surface area contributed by atoms with Gasteiger partial charge < -0.3 is 4.90 Å². The van der Waals surface area contributed by atoms with Crippen LogP contribution in [0.4, 0.5) is 18.9 Å². The number of benzene rings is 3. The van der Waals surface area contributed by atoms with Gasteiger partial charge in [0.2, 0.25) is 5.91 Å². The van der Waals surface area contributed by atoms with Crippen molar-refractivity contribution in [2.75, 3.05) is 17.4 Å². The summed E-state index contributed by atoms with van der Waals surface area (Å²) in [6.45, 7) is 2.87. The van der Waals surface area contributed by atoms with E-state index in [0.29, 0.717) is 29.2 Å². The molecule has 3 aromatic rings. The van der Waals surface area contributed by atoms with Gasteiger partial charge in [-0.05, 0) is 92.3 Å². The third-order valence-corrected chi connectivity index (χ3v) is 8.89. The lowest BCUT2D eigenvalue weighted by Crippen LogP contribution is -2.36. The Labute approximate surface area is 225 Å². The van der Waals surface area contributed by atoms with E-state index >= 15 is 4.39 Å². The zero-order valence-corrected chi connectivity index (χ0v) is 22.4. The summed E-state index contributed by atoms with van der Waals surface area (Å²) in [5, 5.41) is 0.305. The van der Waals surface area contributed by atoms with E-state index in [4.69, 9.17) is 11.6 Å². The number of carbonyl (C=O) groups is 1. The van der Waals surface area contributed by atoms with Crippen LogP contribution in [0.15, 0.2) is 65.6 Å². The zero-order valence-electron chi connectivity index (χ0n) is 20.8. The first kappa shape index (κ1) is 28.0. The molecule has 5 nitrogen and oxygen atoms in total. The van der Waals surface area contributed by atoms with Gasteiger partial charge in [0.25, 0.3) is 10.0 Å². The van der Waals surface area contributed by atoms with Crippen LogP contribution in [0.5, 0.6) is 0 Å². The predicted octanol–water partition coefficient (Wildman–Crippen LogP) is 6.66. The smallest absolute Gasteiger partial charge is 0.264 e. The molecule has 10 heteroatoms. The Kier molecular flexibility index (Phi) is 8.67. The standard InChI is InChI=1S/C28H28ClF3N2O3S/c1-19(25-12-8-22(30)17-20(25)5-14-28(35)33-15-3-2-4-16-33)34(27-18-23(31)9-13-26(27)32)38(36,37)24-10-6-21(29)7-11-24/h6-13,17-19H,2-5,14-16H2,1H3/t19-/m1/s1. The number of sulfonamides is 1. The highest BCUT2D eigenvalue weighted by Crippen LogP contribution is 2.37. The molecule has 0 radical (unpaired) electrons. The summed E-state index contributed by atoms with van der Waals surface area (Å²) >= 11 is 5.93. The van der Waals surface area contributed by atoms with Crippen LogP contribution in [0, 0.1) is 17.5 Å². The first-order valence-corrected chi connectivity index (χ1v) is 14.2. The van der Waals surface area contributed by atoms with E-state index in [9.17, 15) is 22.0 Å². The average molecular weight is 565 g/mol. The minimum absolute atomic E-state index is 0.0608. The maximum atomic E-state index is 15.0. The van der Waals surface area contributed by atoms with Gasteiger partial charge in [0.15, 0.2) is 0 Å². The molecule has 0 unspecified atom stereocenters. The summed E-state index contributed by atoms with van der Waals surface area (Å²) in [5.74, 6) is -2.38. The first-order valence-electron chi connectivity index (χ1n) is 12.4. The number of rotatable bonds is 8. The van der Waals surface area contributed by atoms with Crippen LogP contribution < -0.4 is 4.31 Å². The van der Waals surface area contributed by atoms with Crippen molar-refractivity contribution in [3.05, 3.63) is 94.3 Å². The van der Waals surface area contributed by atoms with Crippen LogP contribution in [0.3, 0.4) is 0 Å². The number of halogens is 4. The van der Waals surface area contributed by atoms with Crippen molar-refractivity contribution >= 4 is 33.2 Å². The van der Waals surface area contributed by atoms with Gasteiger partial charge in [-0.3, -0.25) is 9.10 Å². The van der Waals surface area contributed by atoms with Crippen molar-refractivity contribution in [1.82, 2.24) is 4.90 Å². The molecule has 1 heterocycles. The number of carbonyl (C=O) groups excluding carboxylic acids is 1. The van der Waals surface area contributed by atoms with Crippen LogP contribution in [-0.4, -0.2) is 32.3 Å². The predicted molar refractivity (Wildman–Crippen MR) is 141 cm³/mol. The SMILES string of the molecule is C[C@H](c1ccc(F)cc1CCC(=O)N1CCCCC1)N(c1cc(F)ccc1F)S(=O)(=O)c1ccc(Cl)cc1. The van der Waals surface area contributed by atoms with Gasteiger partial charge in [0.1, 0.15) is 17.5 Å². The topological polar surface area (TPSA) is 57.7 Å². The van der Waals surface area contributed by atoms with Gasteiger partial charge in [0.05, 0.1) is 16.6 Å². The summed E-state index contributed by atoms with van der Waals surface area (Å²) in [6.07, 6.45) is 3.22. The van der Waals surface area contributed by atoms with Crippen LogP contribution in [0.2, 0.25) is 5.02 Å². The second-order valence-electron chi connectivity index (χ2n) is 9.31. The molecular weight excluding hydrogens is 537 g/mol. The Morgan fingerprint density at radius 3 is 2.26 bits per heavy atom. The lowest BCUT2D eigenvalue weighted by atomic mass is 9.96. The molecule has 0 aliphatic carbocycles. The molecular formula is C28H28ClF3N2O3S. The number of anilines is 1. The van der Waals surface area contributed by atoms with Gasteiger partial charge in [-0.15, -0.1) is 0 Å². The maximum absolute atomic E-state index is 15.0. The fraction of sp³-hybridized carbons (Fsp3) is 0.321. The molecule has 1 fully saturated rings. The highest BCUT2D eigenvalue weighted by molar-refractivity contribution is 7.92. The molecule has 4 rings (SSSR count). The van der Waals surface area contributed by atoms with E-state index in [0.717, 1.165) is 41.8 Å². The van der Waals surface area contributed by atoms with Crippen LogP contribution in [-0.2, 0) is 21.2 Å². The van der Waals surface area contributed by atoms with E-state index in [-0.39, 0.29) is 23.6 Å². The summed E-state index contributed by atoms with van der Waals surface area (Å²) in [4.78, 5) is 14.4. The molecule has 0 bridgehead atoms. The normalized spacial score (nSPS) is 14.8. The highest BCUT2D eigenvalue weighted by atomic mass is 35.5. The zero-order chi connectivity index (χ0) is 27.4. The van der Waals surface area contributed by atoms with Crippen molar-refractivity contribution in [3.8, 4) is 0 Å². The van der Waals surface area contributed by atoms with E-state index in [1.807, 2.05) is 0 Å². The number of aryl methyl sites for hydroxylation is 1. The third-order valence-electron chi connectivity index (χ3n) is 6.74. The fourth-order valence-electron chi connectivity index (χ4n) is 4.79. The van der Waals surface area contributed by atoms with Crippen molar-refractivity contribution in [1.29, 1.82) is 0 Å². The summed E-state index contributed by atoms with van der Waals surface area (Å²) in [6, 6.07) is 10.6. The number of amides is 1. The molecule has 0 aromatic heterocycles. The Bertz CT molecular complexity index is 1410. The molecule has 38 heavy (non-hydrogen) atoms. The first-order chi connectivity index (χ1) is 18.1. The Balaban J connectivity index is 1.75. The van der Waals surface area contributed by atoms with Gasteiger partial charge in [0, 0.05) is 30.6 Å². The van der Waals surface area contributed by atoms with E-state index < -0.39 is 39.2 Å². The minimum Gasteiger partial charge on any atom is -0.343 e. The van der Waals surface area contributed by atoms with Crippen LogP contribution >= 0.6 is 11.6 Å². The number of likely N-dealkylation sites (tertiary alicyclic amines) is 1. The Morgan fingerprint density at radius 1 is 0.947 bits per heavy atom. The van der Waals surface area contributed by atoms with Gasteiger partial charge >= 0.3 is 0 Å². The fourth-order valence-corrected chi connectivity index (χ4v) is 6.55. The van der Waals surface area contributed by atoms with Gasteiger partial charge in [-0.2, -0.15) is 0 Å². The number of hydrogen-bond acceptors (Lipinski definition) is 3. The summed E-state index contributed by atoms with van der Waals surface area (Å²) in [7, 11) is -4.43. The maximum Gasteiger partial charge on any atom is 0.264 e. The summed E-state index contributed by atoms with van der Waals surface area (Å²) in [5.41, 5.74) is 0.294. The van der Waals surface area contributed by atoms with E-state index in [1.54, 1.807) is 4.90 Å². The van der Waals surface area contributed by atoms with Crippen LogP contribution in [0.25, 0.3) is 0 Å². The second kappa shape index (κ2) is 11.8. The van der Waals surface area contributed by atoms with Crippen LogP contribution in [0.1, 0.15) is 49.8 Å². The van der Waals surface area contributed by atoms with Gasteiger partial charge in [-0.1, -0.05) is 17.7 Å². The Morgan fingerprint density at radius 2 is 1.58 bits per heavy atom. The number of piperidine rings is 1. The molecule has 0 saturated carbocycles. The Hall–Kier alpha value is -3.04. The molecule has 1 saturated heterocycles. The molecule has 0 spiro atoms. The molecule has 202 valence electrons.